The fraction of sp³-hybridized carbons (Fsp3) is 0.417. The van der Waals surface area contributed by atoms with Crippen molar-refractivity contribution in [3.8, 4) is 0 Å². The van der Waals surface area contributed by atoms with Crippen molar-refractivity contribution in [1.29, 1.82) is 0 Å². The Morgan fingerprint density at radius 1 is 1.53 bits per heavy atom. The van der Waals surface area contributed by atoms with Gasteiger partial charge in [0, 0.05) is 11.7 Å². The number of benzene rings is 1. The van der Waals surface area contributed by atoms with Gasteiger partial charge in [0.1, 0.15) is 6.04 Å². The topological polar surface area (TPSA) is 46.3 Å². The lowest BCUT2D eigenvalue weighted by Gasteiger charge is -2.29. The maximum atomic E-state index is 11.2. The molecule has 1 amide bonds. The molecule has 1 aromatic carbocycles. The molecule has 3 heteroatoms. The molecule has 1 aliphatic rings. The first-order chi connectivity index (χ1) is 7.11. The average molecular weight is 204 g/mol. The Labute approximate surface area is 89.9 Å². The molecule has 0 saturated heterocycles. The van der Waals surface area contributed by atoms with Crippen molar-refractivity contribution < 1.29 is 4.79 Å². The van der Waals surface area contributed by atoms with Crippen molar-refractivity contribution in [1.82, 2.24) is 0 Å². The maximum absolute atomic E-state index is 11.2. The first kappa shape index (κ1) is 10.0. The molecular formula is C12H16N2O. The molecular weight excluding hydrogens is 188 g/mol. The first-order valence-corrected chi connectivity index (χ1v) is 5.27. The second kappa shape index (κ2) is 3.57. The summed E-state index contributed by atoms with van der Waals surface area (Å²) in [5.74, 6) is -0.265. The average Bonchev–Trinajstić information content (AvgIpc) is 2.52. The molecule has 2 unspecified atom stereocenters. The second-order valence-corrected chi connectivity index (χ2v) is 4.17. The number of nitrogens with zero attached hydrogens (tertiary/aromatic N) is 1. The summed E-state index contributed by atoms with van der Waals surface area (Å²) in [4.78, 5) is 13.3. The van der Waals surface area contributed by atoms with E-state index in [-0.39, 0.29) is 11.9 Å². The molecule has 3 nitrogen and oxygen atoms in total. The van der Waals surface area contributed by atoms with Crippen LogP contribution in [0.4, 0.5) is 5.69 Å². The summed E-state index contributed by atoms with van der Waals surface area (Å²) in [6.07, 6.45) is 0.994. The number of hydrogen-bond donors (Lipinski definition) is 1. The van der Waals surface area contributed by atoms with Gasteiger partial charge in [0.2, 0.25) is 5.91 Å². The molecule has 0 aliphatic carbocycles. The number of nitrogens with two attached hydrogens (primary N) is 1. The van der Waals surface area contributed by atoms with Crippen molar-refractivity contribution in [2.24, 2.45) is 5.73 Å². The highest BCUT2D eigenvalue weighted by Gasteiger charge is 2.31. The van der Waals surface area contributed by atoms with Crippen molar-refractivity contribution in [3.63, 3.8) is 0 Å². The minimum atomic E-state index is -0.265. The molecule has 0 fully saturated rings. The van der Waals surface area contributed by atoms with Gasteiger partial charge in [-0.1, -0.05) is 18.2 Å². The molecule has 0 radical (unpaired) electrons. The standard InChI is InChI=1S/C12H16N2O/c1-8-7-10-5-3-4-6-11(10)14(8)9(2)12(13)15/h3-6,8-9H,7H2,1-2H3,(H2,13,15). The van der Waals surface area contributed by atoms with Crippen molar-refractivity contribution >= 4 is 11.6 Å². The van der Waals surface area contributed by atoms with Gasteiger partial charge in [0.15, 0.2) is 0 Å². The lowest BCUT2D eigenvalue weighted by Crippen LogP contribution is -2.45. The van der Waals surface area contributed by atoms with E-state index in [0.717, 1.165) is 12.1 Å². The van der Waals surface area contributed by atoms with E-state index in [0.29, 0.717) is 6.04 Å². The molecule has 0 bridgehead atoms. The van der Waals surface area contributed by atoms with Crippen LogP contribution in [0.5, 0.6) is 0 Å². The minimum absolute atomic E-state index is 0.233. The van der Waals surface area contributed by atoms with Gasteiger partial charge < -0.3 is 10.6 Å². The summed E-state index contributed by atoms with van der Waals surface area (Å²) in [5.41, 5.74) is 7.81. The fourth-order valence-corrected chi connectivity index (χ4v) is 2.32. The Bertz CT molecular complexity index is 389. The SMILES string of the molecule is CC1Cc2ccccc2N1C(C)C(N)=O. The zero-order chi connectivity index (χ0) is 11.0. The van der Waals surface area contributed by atoms with Gasteiger partial charge in [0.25, 0.3) is 0 Å². The quantitative estimate of drug-likeness (QED) is 0.789. The monoisotopic (exact) mass is 204 g/mol. The number of para-hydroxylation sites is 1. The van der Waals surface area contributed by atoms with Crippen LogP contribution in [-0.4, -0.2) is 18.0 Å². The third-order valence-corrected chi connectivity index (χ3v) is 3.09. The van der Waals surface area contributed by atoms with Gasteiger partial charge in [-0.25, -0.2) is 0 Å². The predicted molar refractivity (Wildman–Crippen MR) is 60.7 cm³/mol. The van der Waals surface area contributed by atoms with Crippen LogP contribution < -0.4 is 10.6 Å². The second-order valence-electron chi connectivity index (χ2n) is 4.17. The van der Waals surface area contributed by atoms with Crippen molar-refractivity contribution in [3.05, 3.63) is 29.8 Å². The summed E-state index contributed by atoms with van der Waals surface area (Å²) in [6, 6.07) is 8.31. The minimum Gasteiger partial charge on any atom is -0.368 e. The number of primary amides is 1. The largest absolute Gasteiger partial charge is 0.368 e. The number of carbonyl (C=O) groups excluding carboxylic acids is 1. The maximum Gasteiger partial charge on any atom is 0.239 e. The Morgan fingerprint density at radius 3 is 2.87 bits per heavy atom. The molecule has 2 rings (SSSR count). The Balaban J connectivity index is 2.37. The molecule has 15 heavy (non-hydrogen) atoms. The number of amides is 1. The van der Waals surface area contributed by atoms with Gasteiger partial charge >= 0.3 is 0 Å². The first-order valence-electron chi connectivity index (χ1n) is 5.27. The summed E-state index contributed by atoms with van der Waals surface area (Å²) in [5, 5.41) is 0. The zero-order valence-corrected chi connectivity index (χ0v) is 9.10. The van der Waals surface area contributed by atoms with E-state index >= 15 is 0 Å². The molecule has 80 valence electrons. The van der Waals surface area contributed by atoms with Gasteiger partial charge in [-0.3, -0.25) is 4.79 Å². The summed E-state index contributed by atoms with van der Waals surface area (Å²) >= 11 is 0. The normalized spacial score (nSPS) is 21.2. The third kappa shape index (κ3) is 1.58. The highest BCUT2D eigenvalue weighted by Crippen LogP contribution is 2.33. The molecule has 0 spiro atoms. The highest BCUT2D eigenvalue weighted by molar-refractivity contribution is 5.84. The number of anilines is 1. The van der Waals surface area contributed by atoms with Crippen LogP contribution in [-0.2, 0) is 11.2 Å². The summed E-state index contributed by atoms with van der Waals surface area (Å²) in [7, 11) is 0. The smallest absolute Gasteiger partial charge is 0.239 e. The van der Waals surface area contributed by atoms with E-state index in [9.17, 15) is 4.79 Å². The molecule has 0 saturated carbocycles. The third-order valence-electron chi connectivity index (χ3n) is 3.09. The van der Waals surface area contributed by atoms with E-state index in [4.69, 9.17) is 5.73 Å². The van der Waals surface area contributed by atoms with Crippen LogP contribution in [0.1, 0.15) is 19.4 Å². The van der Waals surface area contributed by atoms with Crippen molar-refractivity contribution in [2.75, 3.05) is 4.90 Å². The zero-order valence-electron chi connectivity index (χ0n) is 9.10. The van der Waals surface area contributed by atoms with E-state index in [1.165, 1.54) is 5.56 Å². The fourth-order valence-electron chi connectivity index (χ4n) is 2.32. The van der Waals surface area contributed by atoms with Gasteiger partial charge in [-0.15, -0.1) is 0 Å². The highest BCUT2D eigenvalue weighted by atomic mass is 16.1. The summed E-state index contributed by atoms with van der Waals surface area (Å²) < 4.78 is 0. The van der Waals surface area contributed by atoms with Crippen LogP contribution in [0.15, 0.2) is 24.3 Å². The van der Waals surface area contributed by atoms with E-state index in [1.54, 1.807) is 0 Å². The number of hydrogen-bond acceptors (Lipinski definition) is 2. The van der Waals surface area contributed by atoms with Gasteiger partial charge in [-0.05, 0) is 31.9 Å². The Hall–Kier alpha value is -1.51. The molecule has 0 aromatic heterocycles. The molecule has 2 atom stereocenters. The van der Waals surface area contributed by atoms with Gasteiger partial charge in [-0.2, -0.15) is 0 Å². The lowest BCUT2D eigenvalue weighted by molar-refractivity contribution is -0.119. The van der Waals surface area contributed by atoms with Crippen LogP contribution in [0.2, 0.25) is 0 Å². The van der Waals surface area contributed by atoms with Crippen molar-refractivity contribution in [2.45, 2.75) is 32.4 Å². The van der Waals surface area contributed by atoms with E-state index < -0.39 is 0 Å². The Morgan fingerprint density at radius 2 is 2.20 bits per heavy atom. The lowest BCUT2D eigenvalue weighted by atomic mass is 10.1. The van der Waals surface area contributed by atoms with E-state index in [1.807, 2.05) is 19.1 Å². The van der Waals surface area contributed by atoms with Crippen LogP contribution in [0.25, 0.3) is 0 Å². The number of carbonyl (C=O) groups is 1. The van der Waals surface area contributed by atoms with E-state index in [2.05, 4.69) is 24.0 Å². The van der Waals surface area contributed by atoms with Crippen LogP contribution in [0, 0.1) is 0 Å². The molecule has 1 aliphatic heterocycles. The molecule has 1 aromatic rings. The van der Waals surface area contributed by atoms with Crippen LogP contribution >= 0.6 is 0 Å². The molecule has 1 heterocycles. The van der Waals surface area contributed by atoms with Gasteiger partial charge in [0.05, 0.1) is 0 Å². The Kier molecular flexibility index (Phi) is 2.39. The summed E-state index contributed by atoms with van der Waals surface area (Å²) in [6.45, 7) is 3.99. The number of rotatable bonds is 2. The number of fused-ring (bicyclic) bond motifs is 1. The molecule has 2 N–H and O–H groups in total. The van der Waals surface area contributed by atoms with Crippen LogP contribution in [0.3, 0.4) is 0 Å². The predicted octanol–water partition coefficient (Wildman–Crippen LogP) is 1.31.